The van der Waals surface area contributed by atoms with Crippen molar-refractivity contribution < 1.29 is 0 Å². The third kappa shape index (κ3) is 2.21. The molecule has 86 valence electrons. The summed E-state index contributed by atoms with van der Waals surface area (Å²) in [6, 6.07) is 0. The molecule has 0 aromatic carbocycles. The highest BCUT2D eigenvalue weighted by atomic mass is 32.1. The van der Waals surface area contributed by atoms with E-state index in [4.69, 9.17) is 5.73 Å². The first-order valence-electron chi connectivity index (χ1n) is 5.16. The first kappa shape index (κ1) is 11.1. The maximum absolute atomic E-state index is 5.59. The van der Waals surface area contributed by atoms with Crippen molar-refractivity contribution in [2.75, 3.05) is 5.73 Å². The van der Waals surface area contributed by atoms with E-state index in [1.807, 2.05) is 17.1 Å². The van der Waals surface area contributed by atoms with Gasteiger partial charge in [-0.2, -0.15) is 5.10 Å². The van der Waals surface area contributed by atoms with Crippen molar-refractivity contribution in [2.24, 2.45) is 7.05 Å². The Morgan fingerprint density at radius 2 is 2.19 bits per heavy atom. The molecule has 5 nitrogen and oxygen atoms in total. The molecule has 0 saturated heterocycles. The average molecular weight is 237 g/mol. The highest BCUT2D eigenvalue weighted by Gasteiger charge is 2.11. The fourth-order valence-corrected chi connectivity index (χ4v) is 1.97. The summed E-state index contributed by atoms with van der Waals surface area (Å²) in [5.74, 6) is 2.15. The van der Waals surface area contributed by atoms with Gasteiger partial charge in [0.15, 0.2) is 11.0 Å². The van der Waals surface area contributed by atoms with Crippen LogP contribution in [0.4, 0.5) is 5.13 Å². The third-order valence-electron chi connectivity index (χ3n) is 2.29. The molecular formula is C10H15N5S. The van der Waals surface area contributed by atoms with E-state index in [0.717, 1.165) is 17.3 Å². The van der Waals surface area contributed by atoms with E-state index in [9.17, 15) is 0 Å². The Bertz CT molecular complexity index is 485. The number of aryl methyl sites for hydroxylation is 1. The number of hydrogen-bond acceptors (Lipinski definition) is 5. The second kappa shape index (κ2) is 4.21. The van der Waals surface area contributed by atoms with Gasteiger partial charge in [0, 0.05) is 18.3 Å². The van der Waals surface area contributed by atoms with Gasteiger partial charge >= 0.3 is 0 Å². The molecule has 0 amide bonds. The van der Waals surface area contributed by atoms with Crippen LogP contribution in [0.3, 0.4) is 0 Å². The van der Waals surface area contributed by atoms with E-state index in [0.29, 0.717) is 17.5 Å². The average Bonchev–Trinajstić information content (AvgIpc) is 2.75. The summed E-state index contributed by atoms with van der Waals surface area (Å²) in [5, 5.41) is 6.92. The lowest BCUT2D eigenvalue weighted by Gasteiger charge is -1.95. The minimum absolute atomic E-state index is 0.348. The van der Waals surface area contributed by atoms with E-state index >= 15 is 0 Å². The van der Waals surface area contributed by atoms with Crippen LogP contribution in [0.25, 0.3) is 0 Å². The molecule has 0 aliphatic carbocycles. The van der Waals surface area contributed by atoms with Crippen molar-refractivity contribution in [3.63, 3.8) is 0 Å². The molecule has 6 heteroatoms. The van der Waals surface area contributed by atoms with Crippen molar-refractivity contribution in [2.45, 2.75) is 26.2 Å². The lowest BCUT2D eigenvalue weighted by Crippen LogP contribution is -2.00. The first-order valence-corrected chi connectivity index (χ1v) is 6.04. The molecule has 0 fully saturated rings. The molecule has 0 bridgehead atoms. The minimum atomic E-state index is 0.348. The summed E-state index contributed by atoms with van der Waals surface area (Å²) < 4.78 is 1.81. The Balaban J connectivity index is 2.21. The molecule has 2 aromatic rings. The Hall–Kier alpha value is -1.43. The number of nitrogen functional groups attached to an aromatic ring is 1. The standard InChI is InChI=1S/C10H15N5S/c1-6(2)9-13-8(15(3)14-9)4-7-5-16-10(11)12-7/h5-6H,4H2,1-3H3,(H2,11,12). The van der Waals surface area contributed by atoms with Crippen molar-refractivity contribution in [1.29, 1.82) is 0 Å². The number of thiazole rings is 1. The largest absolute Gasteiger partial charge is 0.375 e. The summed E-state index contributed by atoms with van der Waals surface area (Å²) in [6.45, 7) is 4.17. The quantitative estimate of drug-likeness (QED) is 0.879. The van der Waals surface area contributed by atoms with Crippen molar-refractivity contribution in [3.05, 3.63) is 22.7 Å². The van der Waals surface area contributed by atoms with Crippen LogP contribution in [-0.2, 0) is 13.5 Å². The number of anilines is 1. The molecule has 0 aliphatic heterocycles. The van der Waals surface area contributed by atoms with Crippen LogP contribution in [0.2, 0.25) is 0 Å². The highest BCUT2D eigenvalue weighted by molar-refractivity contribution is 7.13. The van der Waals surface area contributed by atoms with Crippen molar-refractivity contribution in [1.82, 2.24) is 19.7 Å². The van der Waals surface area contributed by atoms with Crippen LogP contribution in [0, 0.1) is 0 Å². The molecule has 0 aliphatic rings. The molecule has 16 heavy (non-hydrogen) atoms. The number of rotatable bonds is 3. The molecule has 0 atom stereocenters. The molecule has 0 saturated carbocycles. The Morgan fingerprint density at radius 3 is 2.69 bits per heavy atom. The maximum atomic E-state index is 5.59. The predicted molar refractivity (Wildman–Crippen MR) is 64.4 cm³/mol. The lowest BCUT2D eigenvalue weighted by molar-refractivity contribution is 0.688. The summed E-state index contributed by atoms with van der Waals surface area (Å²) >= 11 is 1.45. The molecule has 2 aromatic heterocycles. The van der Waals surface area contributed by atoms with Gasteiger partial charge in [0.05, 0.1) is 12.1 Å². The number of hydrogen-bond donors (Lipinski definition) is 1. The summed E-state index contributed by atoms with van der Waals surface area (Å²) in [7, 11) is 1.91. The number of aromatic nitrogens is 4. The second-order valence-electron chi connectivity index (χ2n) is 4.02. The van der Waals surface area contributed by atoms with E-state index in [-0.39, 0.29) is 0 Å². The Labute approximate surface area is 98.3 Å². The molecule has 2 rings (SSSR count). The van der Waals surface area contributed by atoms with Gasteiger partial charge in [-0.1, -0.05) is 13.8 Å². The molecule has 2 N–H and O–H groups in total. The van der Waals surface area contributed by atoms with Gasteiger partial charge in [-0.3, -0.25) is 4.68 Å². The van der Waals surface area contributed by atoms with Crippen LogP contribution in [0.1, 0.15) is 37.1 Å². The van der Waals surface area contributed by atoms with Crippen LogP contribution < -0.4 is 5.73 Å². The number of nitrogens with two attached hydrogens (primary N) is 1. The predicted octanol–water partition coefficient (Wildman–Crippen LogP) is 1.57. The molecule has 0 spiro atoms. The van der Waals surface area contributed by atoms with Gasteiger partial charge in [-0.15, -0.1) is 11.3 Å². The van der Waals surface area contributed by atoms with Gasteiger partial charge in [0.25, 0.3) is 0 Å². The van der Waals surface area contributed by atoms with Crippen LogP contribution in [0.15, 0.2) is 5.38 Å². The van der Waals surface area contributed by atoms with Crippen molar-refractivity contribution >= 4 is 16.5 Å². The third-order valence-corrected chi connectivity index (χ3v) is 3.02. The summed E-state index contributed by atoms with van der Waals surface area (Å²) in [5.41, 5.74) is 6.54. The van der Waals surface area contributed by atoms with E-state index in [1.165, 1.54) is 11.3 Å². The zero-order valence-electron chi connectivity index (χ0n) is 9.64. The Morgan fingerprint density at radius 1 is 1.44 bits per heavy atom. The van der Waals surface area contributed by atoms with Gasteiger partial charge in [0.1, 0.15) is 5.82 Å². The number of nitrogens with zero attached hydrogens (tertiary/aromatic N) is 4. The highest BCUT2D eigenvalue weighted by Crippen LogP contribution is 2.15. The smallest absolute Gasteiger partial charge is 0.180 e. The van der Waals surface area contributed by atoms with E-state index in [1.54, 1.807) is 0 Å². The fourth-order valence-electron chi connectivity index (χ4n) is 1.40. The first-order chi connectivity index (χ1) is 7.56. The minimum Gasteiger partial charge on any atom is -0.375 e. The molecule has 2 heterocycles. The molecule has 0 radical (unpaired) electrons. The van der Waals surface area contributed by atoms with Gasteiger partial charge in [-0.05, 0) is 0 Å². The van der Waals surface area contributed by atoms with Crippen molar-refractivity contribution in [3.8, 4) is 0 Å². The van der Waals surface area contributed by atoms with Crippen LogP contribution in [0.5, 0.6) is 0 Å². The zero-order valence-corrected chi connectivity index (χ0v) is 10.5. The summed E-state index contributed by atoms with van der Waals surface area (Å²) in [4.78, 5) is 8.71. The lowest BCUT2D eigenvalue weighted by atomic mass is 10.2. The normalized spacial score (nSPS) is 11.2. The van der Waals surface area contributed by atoms with Gasteiger partial charge in [0.2, 0.25) is 0 Å². The Kier molecular flexibility index (Phi) is 2.91. The summed E-state index contributed by atoms with van der Waals surface area (Å²) in [6.07, 6.45) is 0.684. The molecular weight excluding hydrogens is 222 g/mol. The van der Waals surface area contributed by atoms with Crippen LogP contribution in [-0.4, -0.2) is 19.7 Å². The van der Waals surface area contributed by atoms with Gasteiger partial charge < -0.3 is 5.73 Å². The maximum Gasteiger partial charge on any atom is 0.180 e. The zero-order chi connectivity index (χ0) is 11.7. The van der Waals surface area contributed by atoms with E-state index < -0.39 is 0 Å². The van der Waals surface area contributed by atoms with Gasteiger partial charge in [-0.25, -0.2) is 9.97 Å². The molecule has 0 unspecified atom stereocenters. The second-order valence-corrected chi connectivity index (χ2v) is 4.91. The fraction of sp³-hybridized carbons (Fsp3) is 0.500. The monoisotopic (exact) mass is 237 g/mol. The SMILES string of the molecule is CC(C)c1nc(Cc2csc(N)n2)n(C)n1. The van der Waals surface area contributed by atoms with E-state index in [2.05, 4.69) is 28.9 Å². The topological polar surface area (TPSA) is 69.6 Å². The van der Waals surface area contributed by atoms with Crippen LogP contribution >= 0.6 is 11.3 Å².